The van der Waals surface area contributed by atoms with E-state index in [0.29, 0.717) is 37.7 Å². The van der Waals surface area contributed by atoms with E-state index in [2.05, 4.69) is 0 Å². The summed E-state index contributed by atoms with van der Waals surface area (Å²) >= 11 is 1.29. The lowest BCUT2D eigenvalue weighted by molar-refractivity contribution is 0.0435. The van der Waals surface area contributed by atoms with Gasteiger partial charge in [-0.15, -0.1) is 24.2 Å². The molecule has 0 aliphatic carbocycles. The molecule has 0 aromatic heterocycles. The van der Waals surface area contributed by atoms with Crippen molar-refractivity contribution in [2.24, 2.45) is 0 Å². The van der Waals surface area contributed by atoms with Gasteiger partial charge in [0, 0.05) is 19.6 Å². The minimum absolute atomic E-state index is 0. The second kappa shape index (κ2) is 11.0. The summed E-state index contributed by atoms with van der Waals surface area (Å²) in [5.74, 6) is -7.09. The van der Waals surface area contributed by atoms with Crippen molar-refractivity contribution in [3.8, 4) is 11.5 Å². The average Bonchev–Trinajstić information content (AvgIpc) is 2.73. The zero-order chi connectivity index (χ0) is 21.0. The molecule has 3 nitrogen and oxygen atoms in total. The molecule has 2 aromatic rings. The first-order chi connectivity index (χ1) is 13.9. The van der Waals surface area contributed by atoms with Gasteiger partial charge in [0.05, 0.1) is 23.7 Å². The number of thioether (sulfide) groups is 1. The maximum Gasteiger partial charge on any atom is 0.205 e. The molecule has 1 aliphatic rings. The number of benzene rings is 2. The zero-order valence-electron chi connectivity index (χ0n) is 16.5. The monoisotopic (exact) mass is 463 g/mol. The lowest BCUT2D eigenvalue weighted by Crippen LogP contribution is -2.36. The fourth-order valence-electron chi connectivity index (χ4n) is 2.94. The molecule has 0 radical (unpaired) electrons. The maximum absolute atomic E-state index is 14.5. The molecule has 1 aliphatic heterocycles. The highest BCUT2D eigenvalue weighted by atomic mass is 35.5. The van der Waals surface area contributed by atoms with Crippen LogP contribution in [-0.2, 0) is 4.74 Å². The highest BCUT2D eigenvalue weighted by Gasteiger charge is 2.26. The van der Waals surface area contributed by atoms with Gasteiger partial charge in [-0.1, -0.05) is 18.2 Å². The van der Waals surface area contributed by atoms with Crippen molar-refractivity contribution >= 4 is 30.2 Å². The zero-order valence-corrected chi connectivity index (χ0v) is 18.1. The topological polar surface area (TPSA) is 21.7 Å². The molecule has 2 aromatic carbocycles. The number of aryl methyl sites for hydroxylation is 1. The molecule has 3 rings (SSSR count). The van der Waals surface area contributed by atoms with Gasteiger partial charge in [-0.05, 0) is 30.9 Å². The van der Waals surface area contributed by atoms with Gasteiger partial charge in [-0.2, -0.15) is 8.78 Å². The summed E-state index contributed by atoms with van der Waals surface area (Å²) in [5.41, 5.74) is 0.148. The Labute approximate surface area is 183 Å². The van der Waals surface area contributed by atoms with Gasteiger partial charge < -0.3 is 9.47 Å². The van der Waals surface area contributed by atoms with Crippen molar-refractivity contribution < 1.29 is 27.0 Å². The SMILES string of the molecule is CSc1cc(C)ccc1Oc1c(F)c(F)c(/C=C/CN2CCOCC2)c(F)c1F.Cl. The first kappa shape index (κ1) is 24.5. The van der Waals surface area contributed by atoms with Crippen LogP contribution in [0, 0.1) is 30.2 Å². The van der Waals surface area contributed by atoms with E-state index in [1.807, 2.05) is 11.8 Å². The van der Waals surface area contributed by atoms with E-state index in [0.717, 1.165) is 11.6 Å². The van der Waals surface area contributed by atoms with Crippen LogP contribution in [0.3, 0.4) is 0 Å². The van der Waals surface area contributed by atoms with Crippen LogP contribution in [0.2, 0.25) is 0 Å². The molecule has 0 atom stereocenters. The van der Waals surface area contributed by atoms with Gasteiger partial charge >= 0.3 is 0 Å². The number of ether oxygens (including phenoxy) is 2. The maximum atomic E-state index is 14.5. The van der Waals surface area contributed by atoms with Crippen molar-refractivity contribution in [2.45, 2.75) is 11.8 Å². The number of rotatable bonds is 6. The molecular weight excluding hydrogens is 442 g/mol. The molecular formula is C21H22ClF4NO2S. The fourth-order valence-corrected chi connectivity index (χ4v) is 3.55. The largest absolute Gasteiger partial charge is 0.450 e. The minimum atomic E-state index is -1.57. The number of hydrogen-bond donors (Lipinski definition) is 0. The third-order valence-corrected chi connectivity index (χ3v) is 5.30. The van der Waals surface area contributed by atoms with Crippen molar-refractivity contribution in [3.63, 3.8) is 0 Å². The van der Waals surface area contributed by atoms with Gasteiger partial charge in [0.25, 0.3) is 0 Å². The Morgan fingerprint density at radius 1 is 1.07 bits per heavy atom. The van der Waals surface area contributed by atoms with E-state index in [1.54, 1.807) is 18.4 Å². The summed E-state index contributed by atoms with van der Waals surface area (Å²) in [7, 11) is 0. The third kappa shape index (κ3) is 5.49. The van der Waals surface area contributed by atoms with Crippen LogP contribution in [-0.4, -0.2) is 44.0 Å². The van der Waals surface area contributed by atoms with Gasteiger partial charge in [-0.3, -0.25) is 4.90 Å². The van der Waals surface area contributed by atoms with Gasteiger partial charge in [0.15, 0.2) is 11.6 Å². The van der Waals surface area contributed by atoms with E-state index in [-0.39, 0.29) is 18.2 Å². The van der Waals surface area contributed by atoms with Crippen molar-refractivity contribution in [2.75, 3.05) is 39.1 Å². The number of hydrogen-bond acceptors (Lipinski definition) is 4. The summed E-state index contributed by atoms with van der Waals surface area (Å²) in [6, 6.07) is 4.94. The quantitative estimate of drug-likeness (QED) is 0.305. The van der Waals surface area contributed by atoms with Crippen molar-refractivity contribution in [3.05, 3.63) is 58.7 Å². The summed E-state index contributed by atoms with van der Waals surface area (Å²) in [5, 5.41) is 0. The molecule has 164 valence electrons. The lowest BCUT2D eigenvalue weighted by Gasteiger charge is -2.25. The van der Waals surface area contributed by atoms with E-state index < -0.39 is 34.6 Å². The van der Waals surface area contributed by atoms with Gasteiger partial charge in [-0.25, -0.2) is 8.78 Å². The highest BCUT2D eigenvalue weighted by Crippen LogP contribution is 2.37. The number of nitrogens with zero attached hydrogens (tertiary/aromatic N) is 1. The van der Waals surface area contributed by atoms with Crippen molar-refractivity contribution in [1.29, 1.82) is 0 Å². The normalized spacial score (nSPS) is 14.7. The Bertz CT molecular complexity index is 891. The Kier molecular flexibility index (Phi) is 9.03. The predicted molar refractivity (Wildman–Crippen MR) is 113 cm³/mol. The fraction of sp³-hybridized carbons (Fsp3) is 0.333. The second-order valence-corrected chi connectivity index (χ2v) is 7.42. The highest BCUT2D eigenvalue weighted by molar-refractivity contribution is 7.98. The summed E-state index contributed by atoms with van der Waals surface area (Å²) in [4.78, 5) is 2.60. The lowest BCUT2D eigenvalue weighted by atomic mass is 10.1. The molecule has 0 N–H and O–H groups in total. The first-order valence-corrected chi connectivity index (χ1v) is 10.3. The Morgan fingerprint density at radius 3 is 2.30 bits per heavy atom. The van der Waals surface area contributed by atoms with E-state index in [4.69, 9.17) is 9.47 Å². The van der Waals surface area contributed by atoms with Crippen LogP contribution in [0.4, 0.5) is 17.6 Å². The second-order valence-electron chi connectivity index (χ2n) is 6.57. The molecule has 30 heavy (non-hydrogen) atoms. The molecule has 0 spiro atoms. The molecule has 1 saturated heterocycles. The number of halogens is 5. The summed E-state index contributed by atoms with van der Waals surface area (Å²) in [6.45, 7) is 4.75. The van der Waals surface area contributed by atoms with Crippen LogP contribution < -0.4 is 4.74 Å². The van der Waals surface area contributed by atoms with E-state index >= 15 is 0 Å². The molecule has 0 bridgehead atoms. The van der Waals surface area contributed by atoms with Gasteiger partial charge in [0.2, 0.25) is 17.4 Å². The van der Waals surface area contributed by atoms with Crippen LogP contribution in [0.1, 0.15) is 11.1 Å². The predicted octanol–water partition coefficient (Wildman–Crippen LogP) is 5.83. The minimum Gasteiger partial charge on any atom is -0.450 e. The molecule has 0 unspecified atom stereocenters. The first-order valence-electron chi connectivity index (χ1n) is 9.07. The number of morpholine rings is 1. The summed E-state index contributed by atoms with van der Waals surface area (Å²) in [6.07, 6.45) is 4.28. The smallest absolute Gasteiger partial charge is 0.205 e. The van der Waals surface area contributed by atoms with E-state index in [9.17, 15) is 17.6 Å². The molecule has 9 heteroatoms. The van der Waals surface area contributed by atoms with Crippen LogP contribution in [0.15, 0.2) is 29.2 Å². The standard InChI is InChI=1S/C21H21F4NO2S.ClH/c1-13-5-6-15(16(12-13)29-2)28-21-19(24)17(22)14(18(23)20(21)25)4-3-7-26-8-10-27-11-9-26;/h3-6,12H,7-11H2,1-2H3;1H/b4-3+;. The third-order valence-electron chi connectivity index (χ3n) is 4.54. The Morgan fingerprint density at radius 2 is 1.70 bits per heavy atom. The van der Waals surface area contributed by atoms with Crippen LogP contribution in [0.5, 0.6) is 11.5 Å². The van der Waals surface area contributed by atoms with Gasteiger partial charge in [0.1, 0.15) is 5.75 Å². The molecule has 1 heterocycles. The van der Waals surface area contributed by atoms with E-state index in [1.165, 1.54) is 23.9 Å². The van der Waals surface area contributed by atoms with Crippen molar-refractivity contribution in [1.82, 2.24) is 4.90 Å². The summed E-state index contributed by atoms with van der Waals surface area (Å²) < 4.78 is 68.4. The Hall–Kier alpha value is -1.74. The molecule has 0 saturated carbocycles. The van der Waals surface area contributed by atoms with Crippen LogP contribution >= 0.6 is 24.2 Å². The Balaban J connectivity index is 0.00000320. The molecule has 1 fully saturated rings. The average molecular weight is 464 g/mol. The molecule has 0 amide bonds. The van der Waals surface area contributed by atoms with Crippen LogP contribution in [0.25, 0.3) is 6.08 Å².